The Hall–Kier alpha value is -2.34. The maximum absolute atomic E-state index is 12.5. The number of carbonyl (C=O) groups excluding carboxylic acids is 2. The number of ether oxygens (including phenoxy) is 2. The minimum absolute atomic E-state index is 0.0478. The third kappa shape index (κ3) is 2.82. The minimum Gasteiger partial charge on any atom is -0.489 e. The molecule has 5 nitrogen and oxygen atoms in total. The molecular formula is C17H17NO4S. The zero-order chi connectivity index (χ0) is 16.6. The molecule has 0 radical (unpaired) electrons. The molecule has 0 bridgehead atoms. The first-order valence-corrected chi connectivity index (χ1v) is 8.12. The Morgan fingerprint density at radius 1 is 1.22 bits per heavy atom. The van der Waals surface area contributed by atoms with Crippen LogP contribution in [0.5, 0.6) is 5.75 Å². The lowest BCUT2D eigenvalue weighted by atomic mass is 9.97. The van der Waals surface area contributed by atoms with Gasteiger partial charge in [0.15, 0.2) is 0 Å². The van der Waals surface area contributed by atoms with Crippen molar-refractivity contribution < 1.29 is 19.1 Å². The highest BCUT2D eigenvalue weighted by Crippen LogP contribution is 2.40. The Bertz CT molecular complexity index is 768. The van der Waals surface area contributed by atoms with Gasteiger partial charge in [-0.05, 0) is 25.1 Å². The number of hydrogen-bond donors (Lipinski definition) is 1. The Labute approximate surface area is 138 Å². The molecule has 1 aromatic carbocycles. The predicted octanol–water partition coefficient (Wildman–Crippen LogP) is 3.67. The van der Waals surface area contributed by atoms with Gasteiger partial charge in [-0.2, -0.15) is 0 Å². The molecule has 2 aromatic rings. The fraction of sp³-hybridized carbons (Fsp3) is 0.294. The molecule has 1 aliphatic rings. The van der Waals surface area contributed by atoms with E-state index in [1.807, 2.05) is 19.1 Å². The van der Waals surface area contributed by atoms with Crippen LogP contribution in [0.1, 0.15) is 45.4 Å². The lowest BCUT2D eigenvalue weighted by Crippen LogP contribution is -2.13. The van der Waals surface area contributed by atoms with Crippen LogP contribution in [0.3, 0.4) is 0 Å². The number of methoxy groups -OCH3 is 1. The van der Waals surface area contributed by atoms with Gasteiger partial charge in [-0.3, -0.25) is 4.79 Å². The standard InChI is InChI=1S/C17H17NO4S/c1-9-10(2)22-15-11(9)5-4-6-12(15)16(19)18-14-8-7-13(23-14)17(20)21-3/h4-10H,1-3H3,(H,18,19). The molecule has 0 saturated heterocycles. The molecule has 2 unspecified atom stereocenters. The van der Waals surface area contributed by atoms with E-state index in [0.717, 1.165) is 5.56 Å². The summed E-state index contributed by atoms with van der Waals surface area (Å²) >= 11 is 1.18. The van der Waals surface area contributed by atoms with Crippen LogP contribution in [-0.2, 0) is 4.74 Å². The van der Waals surface area contributed by atoms with Crippen molar-refractivity contribution in [2.75, 3.05) is 12.4 Å². The highest BCUT2D eigenvalue weighted by molar-refractivity contribution is 7.18. The van der Waals surface area contributed by atoms with Crippen molar-refractivity contribution in [3.63, 3.8) is 0 Å². The molecule has 6 heteroatoms. The van der Waals surface area contributed by atoms with Crippen molar-refractivity contribution >= 4 is 28.2 Å². The molecule has 0 fully saturated rings. The van der Waals surface area contributed by atoms with Gasteiger partial charge in [0, 0.05) is 11.5 Å². The number of benzene rings is 1. The van der Waals surface area contributed by atoms with Crippen LogP contribution in [0.25, 0.3) is 0 Å². The molecule has 3 rings (SSSR count). The second-order valence-electron chi connectivity index (χ2n) is 5.45. The SMILES string of the molecule is COC(=O)c1ccc(NC(=O)c2cccc3c2OC(C)C3C)s1. The smallest absolute Gasteiger partial charge is 0.348 e. The van der Waals surface area contributed by atoms with Crippen molar-refractivity contribution in [3.05, 3.63) is 46.3 Å². The normalized spacial score (nSPS) is 18.9. The summed E-state index contributed by atoms with van der Waals surface area (Å²) in [5, 5.41) is 3.40. The third-order valence-electron chi connectivity index (χ3n) is 4.02. The number of anilines is 1. The van der Waals surface area contributed by atoms with Crippen LogP contribution >= 0.6 is 11.3 Å². The first-order valence-electron chi connectivity index (χ1n) is 7.30. The summed E-state index contributed by atoms with van der Waals surface area (Å²) in [6, 6.07) is 8.90. The van der Waals surface area contributed by atoms with Crippen LogP contribution in [-0.4, -0.2) is 25.1 Å². The number of nitrogens with one attached hydrogen (secondary N) is 1. The van der Waals surface area contributed by atoms with Crippen molar-refractivity contribution in [2.45, 2.75) is 25.9 Å². The Morgan fingerprint density at radius 2 is 2.00 bits per heavy atom. The van der Waals surface area contributed by atoms with Gasteiger partial charge in [0.1, 0.15) is 16.7 Å². The van der Waals surface area contributed by atoms with E-state index in [2.05, 4.69) is 17.0 Å². The fourth-order valence-corrected chi connectivity index (χ4v) is 3.38. The number of esters is 1. The van der Waals surface area contributed by atoms with Gasteiger partial charge in [0.05, 0.1) is 17.7 Å². The lowest BCUT2D eigenvalue weighted by Gasteiger charge is -2.09. The molecule has 1 aromatic heterocycles. The van der Waals surface area contributed by atoms with Crippen LogP contribution in [0.15, 0.2) is 30.3 Å². The largest absolute Gasteiger partial charge is 0.489 e. The minimum atomic E-state index is -0.415. The quantitative estimate of drug-likeness (QED) is 0.872. The molecule has 23 heavy (non-hydrogen) atoms. The number of hydrogen-bond acceptors (Lipinski definition) is 5. The Balaban J connectivity index is 1.83. The average Bonchev–Trinajstić information content (AvgIpc) is 3.12. The molecular weight excluding hydrogens is 314 g/mol. The molecule has 0 saturated carbocycles. The van der Waals surface area contributed by atoms with Gasteiger partial charge in [0.2, 0.25) is 0 Å². The van der Waals surface area contributed by atoms with Gasteiger partial charge in [0.25, 0.3) is 5.91 Å². The maximum Gasteiger partial charge on any atom is 0.348 e. The molecule has 1 aliphatic heterocycles. The second-order valence-corrected chi connectivity index (χ2v) is 6.53. The van der Waals surface area contributed by atoms with E-state index in [1.165, 1.54) is 18.4 Å². The highest BCUT2D eigenvalue weighted by Gasteiger charge is 2.31. The zero-order valence-corrected chi connectivity index (χ0v) is 13.9. The first-order chi connectivity index (χ1) is 11.0. The molecule has 1 amide bonds. The van der Waals surface area contributed by atoms with E-state index >= 15 is 0 Å². The van der Waals surface area contributed by atoms with Crippen molar-refractivity contribution in [3.8, 4) is 5.75 Å². The van der Waals surface area contributed by atoms with Gasteiger partial charge in [-0.1, -0.05) is 19.1 Å². The van der Waals surface area contributed by atoms with Crippen LogP contribution in [0, 0.1) is 0 Å². The predicted molar refractivity (Wildman–Crippen MR) is 88.6 cm³/mol. The van der Waals surface area contributed by atoms with Crippen LogP contribution < -0.4 is 10.1 Å². The molecule has 2 heterocycles. The Morgan fingerprint density at radius 3 is 2.74 bits per heavy atom. The molecule has 0 spiro atoms. The maximum atomic E-state index is 12.5. The van der Waals surface area contributed by atoms with E-state index in [-0.39, 0.29) is 17.9 Å². The van der Waals surface area contributed by atoms with E-state index < -0.39 is 5.97 Å². The average molecular weight is 331 g/mol. The highest BCUT2D eigenvalue weighted by atomic mass is 32.1. The topological polar surface area (TPSA) is 64.6 Å². The lowest BCUT2D eigenvalue weighted by molar-refractivity contribution is 0.0606. The third-order valence-corrected chi connectivity index (χ3v) is 5.00. The summed E-state index contributed by atoms with van der Waals surface area (Å²) in [6.07, 6.45) is 0.0478. The first kappa shape index (κ1) is 15.6. The monoisotopic (exact) mass is 331 g/mol. The van der Waals surface area contributed by atoms with Gasteiger partial charge >= 0.3 is 5.97 Å². The van der Waals surface area contributed by atoms with Gasteiger partial charge < -0.3 is 14.8 Å². The Kier molecular flexibility index (Phi) is 4.09. The summed E-state index contributed by atoms with van der Waals surface area (Å²) in [5.74, 6) is 0.240. The summed E-state index contributed by atoms with van der Waals surface area (Å²) in [5.41, 5.74) is 1.55. The zero-order valence-electron chi connectivity index (χ0n) is 13.1. The van der Waals surface area contributed by atoms with Crippen molar-refractivity contribution in [2.24, 2.45) is 0 Å². The molecule has 2 atom stereocenters. The van der Waals surface area contributed by atoms with E-state index in [0.29, 0.717) is 21.2 Å². The number of fused-ring (bicyclic) bond motifs is 1. The summed E-state index contributed by atoms with van der Waals surface area (Å²) in [6.45, 7) is 4.08. The molecule has 1 N–H and O–H groups in total. The van der Waals surface area contributed by atoms with E-state index in [1.54, 1.807) is 18.2 Å². The number of rotatable bonds is 3. The summed E-state index contributed by atoms with van der Waals surface area (Å²) < 4.78 is 10.5. The van der Waals surface area contributed by atoms with Crippen molar-refractivity contribution in [1.82, 2.24) is 0 Å². The van der Waals surface area contributed by atoms with E-state index in [9.17, 15) is 9.59 Å². The number of carbonyl (C=O) groups is 2. The van der Waals surface area contributed by atoms with E-state index in [4.69, 9.17) is 4.74 Å². The summed E-state index contributed by atoms with van der Waals surface area (Å²) in [7, 11) is 1.33. The number of amides is 1. The van der Waals surface area contributed by atoms with Crippen molar-refractivity contribution in [1.29, 1.82) is 0 Å². The molecule has 0 aliphatic carbocycles. The van der Waals surface area contributed by atoms with Gasteiger partial charge in [-0.25, -0.2) is 4.79 Å². The number of para-hydroxylation sites is 1. The van der Waals surface area contributed by atoms with Crippen LogP contribution in [0.4, 0.5) is 5.00 Å². The summed E-state index contributed by atoms with van der Waals surface area (Å²) in [4.78, 5) is 24.4. The van der Waals surface area contributed by atoms with Crippen LogP contribution in [0.2, 0.25) is 0 Å². The second kappa shape index (κ2) is 6.04. The fourth-order valence-electron chi connectivity index (χ4n) is 2.56. The van der Waals surface area contributed by atoms with Gasteiger partial charge in [-0.15, -0.1) is 11.3 Å². The molecule has 120 valence electrons. The number of thiophene rings is 1.